The number of nitrogens with two attached hydrogens (primary N) is 1. The van der Waals surface area contributed by atoms with E-state index in [1.807, 2.05) is 10.9 Å². The Hall–Kier alpha value is -1.53. The number of aromatic nitrogens is 2. The van der Waals surface area contributed by atoms with Gasteiger partial charge in [-0.15, -0.1) is 0 Å². The molecule has 1 aliphatic rings. The van der Waals surface area contributed by atoms with E-state index in [1.165, 1.54) is 0 Å². The lowest BCUT2D eigenvalue weighted by atomic mass is 10.2. The zero-order chi connectivity index (χ0) is 18.4. The fourth-order valence-electron chi connectivity index (χ4n) is 3.29. The van der Waals surface area contributed by atoms with Crippen molar-refractivity contribution in [3.05, 3.63) is 18.3 Å². The maximum Gasteiger partial charge on any atom is 0.192 e. The normalized spacial score (nSPS) is 19.1. The maximum atomic E-state index is 6.60. The summed E-state index contributed by atoms with van der Waals surface area (Å²) in [6.07, 6.45) is 3.30. The van der Waals surface area contributed by atoms with E-state index in [0.29, 0.717) is 6.10 Å². The van der Waals surface area contributed by atoms with Gasteiger partial charge >= 0.3 is 0 Å². The first kappa shape index (κ1) is 18.3. The van der Waals surface area contributed by atoms with Crippen LogP contribution in [0.3, 0.4) is 0 Å². The summed E-state index contributed by atoms with van der Waals surface area (Å²) in [4.78, 5) is 2.37. The molecule has 1 aliphatic heterocycles. The highest BCUT2D eigenvalue weighted by molar-refractivity contribution is 6.74. The molecule has 0 radical (unpaired) electrons. The van der Waals surface area contributed by atoms with Crippen molar-refractivity contribution in [3.63, 3.8) is 0 Å². The zero-order valence-electron chi connectivity index (χ0n) is 16.5. The lowest BCUT2D eigenvalue weighted by Crippen LogP contribution is -2.44. The molecule has 2 aromatic rings. The van der Waals surface area contributed by atoms with Crippen LogP contribution in [0.15, 0.2) is 18.3 Å². The van der Waals surface area contributed by atoms with Gasteiger partial charge in [0.25, 0.3) is 0 Å². The first-order valence-electron chi connectivity index (χ1n) is 9.30. The second-order valence-electron chi connectivity index (χ2n) is 8.67. The molecule has 25 heavy (non-hydrogen) atoms. The number of nitrogen functional groups attached to an aromatic ring is 1. The summed E-state index contributed by atoms with van der Waals surface area (Å²) in [5, 5.41) is 5.83. The van der Waals surface area contributed by atoms with Crippen molar-refractivity contribution in [2.45, 2.75) is 64.9 Å². The molecular weight excluding hydrogens is 328 g/mol. The van der Waals surface area contributed by atoms with E-state index in [1.54, 1.807) is 0 Å². The second-order valence-corrected chi connectivity index (χ2v) is 13.4. The number of fused-ring (bicyclic) bond motifs is 1. The lowest BCUT2D eigenvalue weighted by molar-refractivity contribution is 0.202. The minimum absolute atomic E-state index is 0.243. The van der Waals surface area contributed by atoms with Gasteiger partial charge in [-0.1, -0.05) is 20.8 Å². The Bertz CT molecular complexity index is 763. The van der Waals surface area contributed by atoms with E-state index in [2.05, 4.69) is 62.9 Å². The molecule has 6 heteroatoms. The van der Waals surface area contributed by atoms with E-state index < -0.39 is 8.32 Å². The maximum absolute atomic E-state index is 6.60. The molecule has 0 saturated carbocycles. The molecule has 0 aliphatic carbocycles. The summed E-state index contributed by atoms with van der Waals surface area (Å²) in [6.45, 7) is 16.4. The molecule has 0 amide bonds. The van der Waals surface area contributed by atoms with Gasteiger partial charge in [0.05, 0.1) is 29.2 Å². The van der Waals surface area contributed by atoms with Crippen LogP contribution in [0, 0.1) is 0 Å². The highest BCUT2D eigenvalue weighted by Crippen LogP contribution is 2.39. The average molecular weight is 361 g/mol. The van der Waals surface area contributed by atoms with Crippen LogP contribution in [0.25, 0.3) is 10.9 Å². The summed E-state index contributed by atoms with van der Waals surface area (Å²) in [5.41, 5.74) is 9.43. The quantitative estimate of drug-likeness (QED) is 0.654. The molecular formula is C19H32N4OSi. The molecule has 1 aromatic heterocycles. The second kappa shape index (κ2) is 6.32. The minimum atomic E-state index is -1.73. The Kier molecular flexibility index (Phi) is 4.62. The van der Waals surface area contributed by atoms with Gasteiger partial charge in [0.1, 0.15) is 0 Å². The molecule has 1 fully saturated rings. The first-order valence-corrected chi connectivity index (χ1v) is 12.2. The van der Waals surface area contributed by atoms with Crippen molar-refractivity contribution < 1.29 is 4.43 Å². The number of benzene rings is 1. The molecule has 2 N–H and O–H groups in total. The lowest BCUT2D eigenvalue weighted by Gasteiger charge is -2.38. The SMILES string of the molecule is CCn1ncc2cc(N3CCC(O[Si](C)(C)C(C)(C)C)C3)c(N)cc21. The molecule has 0 bridgehead atoms. The minimum Gasteiger partial charge on any atom is -0.412 e. The van der Waals surface area contributed by atoms with Crippen molar-refractivity contribution in [2.24, 2.45) is 0 Å². The summed E-state index contributed by atoms with van der Waals surface area (Å²) >= 11 is 0. The highest BCUT2D eigenvalue weighted by atomic mass is 28.4. The summed E-state index contributed by atoms with van der Waals surface area (Å²) in [5.74, 6) is 0. The number of hydrogen-bond donors (Lipinski definition) is 1. The van der Waals surface area contributed by atoms with Crippen molar-refractivity contribution >= 4 is 30.6 Å². The monoisotopic (exact) mass is 360 g/mol. The molecule has 2 heterocycles. The fraction of sp³-hybridized carbons (Fsp3) is 0.632. The van der Waals surface area contributed by atoms with Gasteiger partial charge in [-0.05, 0) is 43.6 Å². The number of hydrogen-bond acceptors (Lipinski definition) is 4. The molecule has 1 unspecified atom stereocenters. The number of anilines is 2. The van der Waals surface area contributed by atoms with Gasteiger partial charge in [-0.25, -0.2) is 0 Å². The highest BCUT2D eigenvalue weighted by Gasteiger charge is 2.40. The zero-order valence-corrected chi connectivity index (χ0v) is 17.5. The molecule has 1 saturated heterocycles. The standard InChI is InChI=1S/C19H32N4OSi/c1-7-23-17-11-16(20)18(10-14(17)12-21-23)22-9-8-15(13-22)24-25(5,6)19(2,3)4/h10-12,15H,7-9,13,20H2,1-6H3. The molecule has 5 nitrogen and oxygen atoms in total. The van der Waals surface area contributed by atoms with Crippen molar-refractivity contribution in [1.82, 2.24) is 9.78 Å². The van der Waals surface area contributed by atoms with Crippen LogP contribution >= 0.6 is 0 Å². The van der Waals surface area contributed by atoms with Crippen LogP contribution < -0.4 is 10.6 Å². The number of rotatable bonds is 4. The van der Waals surface area contributed by atoms with Gasteiger partial charge in [0, 0.05) is 25.0 Å². The Morgan fingerprint density at radius 3 is 2.68 bits per heavy atom. The Morgan fingerprint density at radius 1 is 1.32 bits per heavy atom. The largest absolute Gasteiger partial charge is 0.412 e. The topological polar surface area (TPSA) is 56.3 Å². The van der Waals surface area contributed by atoms with E-state index in [9.17, 15) is 0 Å². The summed E-state index contributed by atoms with van der Waals surface area (Å²) in [6, 6.07) is 4.24. The van der Waals surface area contributed by atoms with Crippen molar-refractivity contribution in [2.75, 3.05) is 23.7 Å². The van der Waals surface area contributed by atoms with Crippen molar-refractivity contribution in [3.8, 4) is 0 Å². The molecule has 3 rings (SSSR count). The van der Waals surface area contributed by atoms with E-state index in [4.69, 9.17) is 10.2 Å². The third kappa shape index (κ3) is 3.42. The summed E-state index contributed by atoms with van der Waals surface area (Å²) in [7, 11) is -1.73. The Balaban J connectivity index is 1.78. The molecule has 1 atom stereocenters. The van der Waals surface area contributed by atoms with Gasteiger partial charge in [0.15, 0.2) is 8.32 Å². The van der Waals surface area contributed by atoms with Gasteiger partial charge in [-0.2, -0.15) is 5.10 Å². The Labute approximate surface area is 152 Å². The van der Waals surface area contributed by atoms with E-state index in [-0.39, 0.29) is 5.04 Å². The smallest absolute Gasteiger partial charge is 0.192 e. The van der Waals surface area contributed by atoms with Crippen molar-refractivity contribution in [1.29, 1.82) is 0 Å². The number of nitrogens with zero attached hydrogens (tertiary/aromatic N) is 3. The van der Waals surface area contributed by atoms with Crippen LogP contribution in [0.4, 0.5) is 11.4 Å². The van der Waals surface area contributed by atoms with Gasteiger partial charge in [-0.3, -0.25) is 4.68 Å². The third-order valence-corrected chi connectivity index (χ3v) is 10.4. The molecule has 1 aromatic carbocycles. The van der Waals surface area contributed by atoms with Crippen LogP contribution in [0.2, 0.25) is 18.1 Å². The van der Waals surface area contributed by atoms with Crippen LogP contribution in [-0.4, -0.2) is 37.3 Å². The van der Waals surface area contributed by atoms with Gasteiger partial charge in [0.2, 0.25) is 0 Å². The third-order valence-electron chi connectivity index (χ3n) is 5.84. The Morgan fingerprint density at radius 2 is 2.04 bits per heavy atom. The molecule has 138 valence electrons. The molecule has 0 spiro atoms. The van der Waals surface area contributed by atoms with Crippen LogP contribution in [0.1, 0.15) is 34.1 Å². The van der Waals surface area contributed by atoms with E-state index in [0.717, 1.165) is 48.3 Å². The summed E-state index contributed by atoms with van der Waals surface area (Å²) < 4.78 is 8.59. The van der Waals surface area contributed by atoms with E-state index >= 15 is 0 Å². The predicted molar refractivity (Wildman–Crippen MR) is 109 cm³/mol. The van der Waals surface area contributed by atoms with Crippen LogP contribution in [-0.2, 0) is 11.0 Å². The van der Waals surface area contributed by atoms with Gasteiger partial charge < -0.3 is 15.1 Å². The number of aryl methyl sites for hydroxylation is 1. The van der Waals surface area contributed by atoms with Crippen LogP contribution in [0.5, 0.6) is 0 Å². The first-order chi connectivity index (χ1) is 11.6. The predicted octanol–water partition coefficient (Wildman–Crippen LogP) is 4.24. The fourth-order valence-corrected chi connectivity index (χ4v) is 4.67. The average Bonchev–Trinajstić information content (AvgIpc) is 3.11.